The van der Waals surface area contributed by atoms with Crippen molar-refractivity contribution in [3.05, 3.63) is 35.9 Å². The van der Waals surface area contributed by atoms with Crippen LogP contribution in [0.1, 0.15) is 45.1 Å². The third kappa shape index (κ3) is 4.96. The Morgan fingerprint density at radius 3 is 2.41 bits per heavy atom. The fourth-order valence-electron chi connectivity index (χ4n) is 5.09. The zero-order valence-corrected chi connectivity index (χ0v) is 20.2. The quantitative estimate of drug-likeness (QED) is 0.581. The summed E-state index contributed by atoms with van der Waals surface area (Å²) in [5.41, 5.74) is 2.20. The molecule has 176 valence electrons. The van der Waals surface area contributed by atoms with Crippen molar-refractivity contribution < 1.29 is 17.9 Å². The average molecular weight is 462 g/mol. The van der Waals surface area contributed by atoms with E-state index in [2.05, 4.69) is 29.3 Å². The molecule has 7 nitrogen and oxygen atoms in total. The lowest BCUT2D eigenvalue weighted by atomic mass is 9.76. The third-order valence-corrected chi connectivity index (χ3v) is 8.03. The van der Waals surface area contributed by atoms with E-state index in [9.17, 15) is 8.42 Å². The van der Waals surface area contributed by atoms with Crippen molar-refractivity contribution in [2.24, 2.45) is 16.9 Å². The zero-order chi connectivity index (χ0) is 22.7. The molecule has 1 aromatic carbocycles. The van der Waals surface area contributed by atoms with Gasteiger partial charge in [-0.05, 0) is 63.6 Å². The van der Waals surface area contributed by atoms with Crippen molar-refractivity contribution in [1.82, 2.24) is 9.31 Å². The van der Waals surface area contributed by atoms with Crippen molar-refractivity contribution in [1.29, 1.82) is 0 Å². The molecule has 0 radical (unpaired) electrons. The number of sulfonamides is 1. The van der Waals surface area contributed by atoms with Crippen LogP contribution in [-0.4, -0.2) is 68.6 Å². The van der Waals surface area contributed by atoms with Gasteiger partial charge in [0.2, 0.25) is 10.0 Å². The molecule has 0 amide bonds. The Hall–Kier alpha value is -2.06. The summed E-state index contributed by atoms with van der Waals surface area (Å²) in [7, 11) is -3.13. The molecule has 1 fully saturated rings. The van der Waals surface area contributed by atoms with E-state index >= 15 is 0 Å². The van der Waals surface area contributed by atoms with Crippen LogP contribution in [0.25, 0.3) is 0 Å². The van der Waals surface area contributed by atoms with E-state index in [1.165, 1.54) is 6.26 Å². The molecule has 0 aromatic heterocycles. The molecule has 8 heteroatoms. The maximum atomic E-state index is 11.9. The van der Waals surface area contributed by atoms with Crippen molar-refractivity contribution in [3.63, 3.8) is 0 Å². The molecule has 2 heterocycles. The van der Waals surface area contributed by atoms with Gasteiger partial charge in [-0.1, -0.05) is 12.2 Å². The molecule has 2 aliphatic heterocycles. The highest BCUT2D eigenvalue weighted by Gasteiger charge is 2.37. The van der Waals surface area contributed by atoms with Gasteiger partial charge in [-0.2, -0.15) is 5.10 Å². The van der Waals surface area contributed by atoms with Crippen molar-refractivity contribution >= 4 is 15.7 Å². The van der Waals surface area contributed by atoms with Gasteiger partial charge in [-0.3, -0.25) is 5.01 Å². The molecule has 1 aromatic rings. The van der Waals surface area contributed by atoms with Crippen LogP contribution in [0.4, 0.5) is 0 Å². The molecule has 32 heavy (non-hydrogen) atoms. The largest absolute Gasteiger partial charge is 0.490 e. The molecule has 1 aliphatic carbocycles. The van der Waals surface area contributed by atoms with Gasteiger partial charge in [-0.25, -0.2) is 12.7 Å². The van der Waals surface area contributed by atoms with Crippen LogP contribution in [-0.2, 0) is 10.0 Å². The summed E-state index contributed by atoms with van der Waals surface area (Å²) in [5, 5.41) is 7.42. The fraction of sp³-hybridized carbons (Fsp3) is 0.625. The molecular weight excluding hydrogens is 426 g/mol. The second-order valence-electron chi connectivity index (χ2n) is 8.84. The number of hydrazone groups is 1. The molecule has 4 rings (SSSR count). The van der Waals surface area contributed by atoms with Crippen LogP contribution < -0.4 is 9.47 Å². The summed E-state index contributed by atoms with van der Waals surface area (Å²) in [6, 6.07) is 6.42. The summed E-state index contributed by atoms with van der Waals surface area (Å²) in [6.45, 7) is 7.18. The molecular formula is C24H35N3O4S. The molecule has 0 unspecified atom stereocenters. The lowest BCUT2D eigenvalue weighted by Gasteiger charge is -2.44. The Morgan fingerprint density at radius 1 is 1.03 bits per heavy atom. The Labute approximate surface area is 192 Å². The summed E-state index contributed by atoms with van der Waals surface area (Å²) in [5.74, 6) is 2.43. The Balaban J connectivity index is 1.62. The van der Waals surface area contributed by atoms with Gasteiger partial charge in [-0.15, -0.1) is 0 Å². The topological polar surface area (TPSA) is 71.4 Å². The van der Waals surface area contributed by atoms with Crippen LogP contribution in [0, 0.1) is 11.8 Å². The van der Waals surface area contributed by atoms with Gasteiger partial charge in [0.15, 0.2) is 11.5 Å². The molecule has 3 aliphatic rings. The molecule has 0 spiro atoms. The van der Waals surface area contributed by atoms with Crippen LogP contribution in [0.15, 0.2) is 35.5 Å². The molecule has 2 atom stereocenters. The first-order chi connectivity index (χ1) is 15.4. The van der Waals surface area contributed by atoms with Crippen molar-refractivity contribution in [2.75, 3.05) is 39.1 Å². The maximum absolute atomic E-state index is 11.9. The van der Waals surface area contributed by atoms with Gasteiger partial charge in [0.05, 0.1) is 25.2 Å². The Bertz CT molecular complexity index is 967. The van der Waals surface area contributed by atoms with Gasteiger partial charge in [0, 0.05) is 37.2 Å². The first kappa shape index (κ1) is 23.1. The number of allylic oxidation sites excluding steroid dienone is 2. The van der Waals surface area contributed by atoms with E-state index in [-0.39, 0.29) is 6.04 Å². The minimum atomic E-state index is -3.13. The van der Waals surface area contributed by atoms with Crippen LogP contribution >= 0.6 is 0 Å². The second-order valence-corrected chi connectivity index (χ2v) is 10.8. The summed E-state index contributed by atoms with van der Waals surface area (Å²) < 4.78 is 37.0. The second kappa shape index (κ2) is 9.83. The van der Waals surface area contributed by atoms with Crippen molar-refractivity contribution in [3.8, 4) is 11.5 Å². The van der Waals surface area contributed by atoms with Gasteiger partial charge in [0.1, 0.15) is 0 Å². The average Bonchev–Trinajstić information content (AvgIpc) is 2.79. The summed E-state index contributed by atoms with van der Waals surface area (Å²) in [6.07, 6.45) is 9.53. The minimum Gasteiger partial charge on any atom is -0.490 e. The number of rotatable bonds is 7. The molecule has 0 N–H and O–H groups in total. The van der Waals surface area contributed by atoms with Gasteiger partial charge in [0.25, 0.3) is 0 Å². The molecule has 1 saturated heterocycles. The first-order valence-corrected chi connectivity index (χ1v) is 13.6. The Morgan fingerprint density at radius 2 is 1.72 bits per heavy atom. The smallest absolute Gasteiger partial charge is 0.211 e. The number of hydrogen-bond acceptors (Lipinski definition) is 6. The SMILES string of the molecule is CCOc1ccc(C2=NN(C3CCN(S(C)(=O)=O)CC3)C[C@@H]3CC=CC[C@H]23)cc1OCC. The lowest BCUT2D eigenvalue weighted by Crippen LogP contribution is -2.49. The van der Waals surface area contributed by atoms with Crippen molar-refractivity contribution in [2.45, 2.75) is 45.6 Å². The van der Waals surface area contributed by atoms with Crippen LogP contribution in [0.2, 0.25) is 0 Å². The zero-order valence-electron chi connectivity index (χ0n) is 19.4. The van der Waals surface area contributed by atoms with E-state index in [1.54, 1.807) is 4.31 Å². The number of ether oxygens (including phenoxy) is 2. The maximum Gasteiger partial charge on any atom is 0.211 e. The predicted molar refractivity (Wildman–Crippen MR) is 127 cm³/mol. The first-order valence-electron chi connectivity index (χ1n) is 11.8. The number of piperidine rings is 1. The predicted octanol–water partition coefficient (Wildman–Crippen LogP) is 3.51. The fourth-order valence-corrected chi connectivity index (χ4v) is 5.96. The van der Waals surface area contributed by atoms with Gasteiger partial charge < -0.3 is 9.47 Å². The van der Waals surface area contributed by atoms with Crippen LogP contribution in [0.5, 0.6) is 11.5 Å². The van der Waals surface area contributed by atoms with E-state index in [1.807, 2.05) is 19.9 Å². The van der Waals surface area contributed by atoms with E-state index in [0.717, 1.165) is 55.0 Å². The minimum absolute atomic E-state index is 0.268. The summed E-state index contributed by atoms with van der Waals surface area (Å²) >= 11 is 0. The number of fused-ring (bicyclic) bond motifs is 1. The lowest BCUT2D eigenvalue weighted by molar-refractivity contribution is 0.102. The van der Waals surface area contributed by atoms with Gasteiger partial charge >= 0.3 is 0 Å². The number of nitrogens with zero attached hydrogens (tertiary/aromatic N) is 3. The monoisotopic (exact) mass is 461 g/mol. The summed E-state index contributed by atoms with van der Waals surface area (Å²) in [4.78, 5) is 0. The number of benzene rings is 1. The highest BCUT2D eigenvalue weighted by Crippen LogP contribution is 2.37. The van der Waals surface area contributed by atoms with E-state index < -0.39 is 10.0 Å². The van der Waals surface area contributed by atoms with Crippen LogP contribution in [0.3, 0.4) is 0 Å². The molecule has 0 saturated carbocycles. The van der Waals surface area contributed by atoms with E-state index in [4.69, 9.17) is 14.6 Å². The number of hydrogen-bond donors (Lipinski definition) is 0. The Kier molecular flexibility index (Phi) is 7.10. The highest BCUT2D eigenvalue weighted by molar-refractivity contribution is 7.88. The molecule has 0 bridgehead atoms. The normalized spacial score (nSPS) is 24.7. The van der Waals surface area contributed by atoms with E-state index in [0.29, 0.717) is 38.1 Å². The highest BCUT2D eigenvalue weighted by atomic mass is 32.2. The standard InChI is InChI=1S/C24H35N3O4S/c1-4-30-22-11-10-18(16-23(22)31-5-2)24-21-9-7-6-8-19(21)17-27(25-24)20-12-14-26(15-13-20)32(3,28)29/h6-7,10-11,16,19-21H,4-5,8-9,12-15,17H2,1-3H3/t19-,21-/m0/s1. The third-order valence-electron chi connectivity index (χ3n) is 6.73.